The number of aromatic hydroxyl groups is 1. The maximum atomic E-state index is 13.0. The van der Waals surface area contributed by atoms with Gasteiger partial charge >= 0.3 is 5.97 Å². The van der Waals surface area contributed by atoms with Crippen LogP contribution in [0.25, 0.3) is 0 Å². The summed E-state index contributed by atoms with van der Waals surface area (Å²) in [5.41, 5.74) is 1.50. The van der Waals surface area contributed by atoms with Crippen molar-refractivity contribution < 1.29 is 24.5 Å². The van der Waals surface area contributed by atoms with Crippen molar-refractivity contribution in [1.29, 1.82) is 0 Å². The molecular weight excluding hydrogens is 516 g/mol. The minimum atomic E-state index is -0.920. The number of aliphatic carboxylic acids is 1. The molecule has 2 N–H and O–H groups in total. The molecule has 0 saturated carbocycles. The molecule has 0 saturated heterocycles. The van der Waals surface area contributed by atoms with Crippen molar-refractivity contribution in [3.8, 4) is 11.5 Å². The zero-order valence-electron chi connectivity index (χ0n) is 17.5. The van der Waals surface area contributed by atoms with Gasteiger partial charge in [0.25, 0.3) is 0 Å². The molecule has 0 heterocycles. The number of rotatable bonds is 9. The molecule has 0 fully saturated rings. The number of carboxylic acids is 1. The van der Waals surface area contributed by atoms with Crippen LogP contribution in [0.5, 0.6) is 11.5 Å². The molecule has 1 atom stereocenters. The minimum Gasteiger partial charge on any atom is -0.506 e. The monoisotopic (exact) mass is 540 g/mol. The molecule has 0 radical (unpaired) electrons. The van der Waals surface area contributed by atoms with E-state index in [-0.39, 0.29) is 18.0 Å². The largest absolute Gasteiger partial charge is 0.506 e. The molecule has 7 heteroatoms. The molecular formula is C23H26Br2O5. The summed E-state index contributed by atoms with van der Waals surface area (Å²) in [5, 5.41) is 19.3. The predicted molar refractivity (Wildman–Crippen MR) is 123 cm³/mol. The lowest BCUT2D eigenvalue weighted by atomic mass is 9.86. The van der Waals surface area contributed by atoms with Gasteiger partial charge in [0.2, 0.25) is 0 Å². The van der Waals surface area contributed by atoms with Crippen molar-refractivity contribution in [2.24, 2.45) is 5.41 Å². The first-order valence-electron chi connectivity index (χ1n) is 9.59. The topological polar surface area (TPSA) is 83.8 Å². The first kappa shape index (κ1) is 24.4. The van der Waals surface area contributed by atoms with E-state index in [1.807, 2.05) is 32.0 Å². The van der Waals surface area contributed by atoms with Gasteiger partial charge in [-0.05, 0) is 102 Å². The second-order valence-electron chi connectivity index (χ2n) is 8.15. The summed E-state index contributed by atoms with van der Waals surface area (Å²) in [4.78, 5) is 24.5. The van der Waals surface area contributed by atoms with E-state index in [9.17, 15) is 19.8 Å². The molecule has 5 nitrogen and oxygen atoms in total. The van der Waals surface area contributed by atoms with Crippen LogP contribution in [-0.2, 0) is 4.79 Å². The van der Waals surface area contributed by atoms with Gasteiger partial charge in [0.1, 0.15) is 17.6 Å². The highest BCUT2D eigenvalue weighted by atomic mass is 79.9. The molecule has 30 heavy (non-hydrogen) atoms. The number of ketones is 1. The molecule has 0 aliphatic heterocycles. The minimum absolute atomic E-state index is 0.0259. The summed E-state index contributed by atoms with van der Waals surface area (Å²) in [7, 11) is 0. The molecule has 0 spiro atoms. The Kier molecular flexibility index (Phi) is 8.11. The van der Waals surface area contributed by atoms with Crippen LogP contribution in [0.2, 0.25) is 0 Å². The van der Waals surface area contributed by atoms with Crippen LogP contribution in [0.1, 0.15) is 54.6 Å². The number of phenolic OH excluding ortho intramolecular Hbond substituents is 1. The SMILES string of the molecule is Cc1ccc(C)c(OC(CCC(C)(C)C(=O)O)CC(=O)c2cc(Br)c(O)c(Br)c2)c1. The van der Waals surface area contributed by atoms with Gasteiger partial charge in [-0.3, -0.25) is 9.59 Å². The van der Waals surface area contributed by atoms with Gasteiger partial charge in [0.15, 0.2) is 5.78 Å². The smallest absolute Gasteiger partial charge is 0.309 e. The summed E-state index contributed by atoms with van der Waals surface area (Å²) in [5.74, 6) is -0.322. The molecule has 2 aromatic rings. The van der Waals surface area contributed by atoms with Crippen molar-refractivity contribution >= 4 is 43.6 Å². The van der Waals surface area contributed by atoms with Gasteiger partial charge in [-0.1, -0.05) is 12.1 Å². The lowest BCUT2D eigenvalue weighted by molar-refractivity contribution is -0.147. The normalized spacial score (nSPS) is 12.5. The van der Waals surface area contributed by atoms with Crippen LogP contribution in [0.15, 0.2) is 39.3 Å². The van der Waals surface area contributed by atoms with Crippen molar-refractivity contribution in [3.63, 3.8) is 0 Å². The molecule has 2 rings (SSSR count). The zero-order valence-corrected chi connectivity index (χ0v) is 20.6. The molecule has 1 unspecified atom stereocenters. The Morgan fingerprint density at radius 2 is 1.70 bits per heavy atom. The number of phenols is 1. The number of Topliss-reactive ketones (excluding diaryl/α,β-unsaturated/α-hetero) is 1. The summed E-state index contributed by atoms with van der Waals surface area (Å²) in [6.07, 6.45) is 0.391. The third-order valence-electron chi connectivity index (χ3n) is 5.06. The average molecular weight is 542 g/mol. The number of ether oxygens (including phenoxy) is 1. The molecule has 0 bridgehead atoms. The van der Waals surface area contributed by atoms with Crippen molar-refractivity contribution in [2.75, 3.05) is 0 Å². The first-order valence-corrected chi connectivity index (χ1v) is 11.2. The van der Waals surface area contributed by atoms with Crippen LogP contribution in [-0.4, -0.2) is 28.1 Å². The Labute approximate surface area is 193 Å². The Bertz CT molecular complexity index is 930. The number of benzene rings is 2. The van der Waals surface area contributed by atoms with E-state index in [0.717, 1.165) is 11.1 Å². The highest BCUT2D eigenvalue weighted by Gasteiger charge is 2.29. The number of halogens is 2. The Hall–Kier alpha value is -1.86. The Balaban J connectivity index is 2.27. The van der Waals surface area contributed by atoms with Crippen LogP contribution in [0.4, 0.5) is 0 Å². The lowest BCUT2D eigenvalue weighted by Crippen LogP contribution is -2.28. The second-order valence-corrected chi connectivity index (χ2v) is 9.86. The fourth-order valence-electron chi connectivity index (χ4n) is 2.90. The maximum Gasteiger partial charge on any atom is 0.309 e. The van der Waals surface area contributed by atoms with E-state index < -0.39 is 17.5 Å². The third-order valence-corrected chi connectivity index (χ3v) is 6.27. The molecule has 0 aromatic heterocycles. The second kappa shape index (κ2) is 9.96. The number of carboxylic acid groups (broad SMARTS) is 1. The van der Waals surface area contributed by atoms with Crippen molar-refractivity contribution in [1.82, 2.24) is 0 Å². The number of hydrogen-bond acceptors (Lipinski definition) is 4. The Morgan fingerprint density at radius 1 is 1.10 bits per heavy atom. The fourth-order valence-corrected chi connectivity index (χ4v) is 4.08. The molecule has 0 amide bonds. The maximum absolute atomic E-state index is 13.0. The predicted octanol–water partition coefficient (Wildman–Crippen LogP) is 6.45. The van der Waals surface area contributed by atoms with E-state index in [2.05, 4.69) is 31.9 Å². The van der Waals surface area contributed by atoms with Crippen molar-refractivity contribution in [3.05, 3.63) is 56.0 Å². The van der Waals surface area contributed by atoms with Gasteiger partial charge in [0, 0.05) is 12.0 Å². The van der Waals surface area contributed by atoms with Crippen LogP contribution < -0.4 is 4.74 Å². The molecule has 2 aromatic carbocycles. The molecule has 162 valence electrons. The molecule has 0 aliphatic rings. The van der Waals surface area contributed by atoms with Gasteiger partial charge in [-0.25, -0.2) is 0 Å². The lowest BCUT2D eigenvalue weighted by Gasteiger charge is -2.25. The Morgan fingerprint density at radius 3 is 2.27 bits per heavy atom. The van der Waals surface area contributed by atoms with Crippen LogP contribution >= 0.6 is 31.9 Å². The third kappa shape index (κ3) is 6.32. The van der Waals surface area contributed by atoms with Gasteiger partial charge in [-0.15, -0.1) is 0 Å². The summed E-state index contributed by atoms with van der Waals surface area (Å²) in [6.45, 7) is 7.23. The van der Waals surface area contributed by atoms with E-state index in [0.29, 0.717) is 33.1 Å². The summed E-state index contributed by atoms with van der Waals surface area (Å²) >= 11 is 6.49. The van der Waals surface area contributed by atoms with E-state index in [1.54, 1.807) is 26.0 Å². The van der Waals surface area contributed by atoms with E-state index in [1.165, 1.54) is 0 Å². The van der Waals surface area contributed by atoms with Gasteiger partial charge in [0.05, 0.1) is 14.4 Å². The number of carbonyl (C=O) groups excluding carboxylic acids is 1. The number of carbonyl (C=O) groups is 2. The fraction of sp³-hybridized carbons (Fsp3) is 0.391. The standard InChI is InChI=1S/C23H26Br2O5/c1-13-5-6-14(2)20(9-13)30-16(7-8-23(3,4)22(28)29)12-19(26)15-10-17(24)21(27)18(25)11-15/h5-6,9-11,16,27H,7-8,12H2,1-4H3,(H,28,29). The van der Waals surface area contributed by atoms with E-state index >= 15 is 0 Å². The first-order chi connectivity index (χ1) is 13.9. The zero-order chi connectivity index (χ0) is 22.6. The van der Waals surface area contributed by atoms with Gasteiger partial charge < -0.3 is 14.9 Å². The summed E-state index contributed by atoms with van der Waals surface area (Å²) in [6, 6.07) is 9.00. The average Bonchev–Trinajstić information content (AvgIpc) is 2.66. The van der Waals surface area contributed by atoms with Gasteiger partial charge in [-0.2, -0.15) is 0 Å². The number of aryl methyl sites for hydroxylation is 2. The highest BCUT2D eigenvalue weighted by molar-refractivity contribution is 9.11. The highest BCUT2D eigenvalue weighted by Crippen LogP contribution is 2.34. The van der Waals surface area contributed by atoms with Crippen LogP contribution in [0, 0.1) is 19.3 Å². The van der Waals surface area contributed by atoms with E-state index in [4.69, 9.17) is 4.74 Å². The molecule has 0 aliphatic carbocycles. The quantitative estimate of drug-likeness (QED) is 0.356. The summed E-state index contributed by atoms with van der Waals surface area (Å²) < 4.78 is 7.02. The number of hydrogen-bond donors (Lipinski definition) is 2. The van der Waals surface area contributed by atoms with Crippen molar-refractivity contribution in [2.45, 2.75) is 53.1 Å². The van der Waals surface area contributed by atoms with Crippen LogP contribution in [0.3, 0.4) is 0 Å².